The highest BCUT2D eigenvalue weighted by Gasteiger charge is 2.17. The number of nitriles is 1. The Kier molecular flexibility index (Phi) is 5.53. The van der Waals surface area contributed by atoms with Crippen LogP contribution in [0.4, 0.5) is 5.69 Å². The highest BCUT2D eigenvalue weighted by atomic mass is 16.6. The number of carbonyl (C=O) groups is 2. The van der Waals surface area contributed by atoms with E-state index in [2.05, 4.69) is 5.32 Å². The van der Waals surface area contributed by atoms with E-state index in [0.29, 0.717) is 22.7 Å². The first-order chi connectivity index (χ1) is 11.5. The number of nitrogens with one attached hydrogen (secondary N) is 1. The van der Waals surface area contributed by atoms with Gasteiger partial charge in [-0.15, -0.1) is 0 Å². The van der Waals surface area contributed by atoms with Crippen molar-refractivity contribution in [3.63, 3.8) is 0 Å². The number of esters is 1. The molecule has 1 N–H and O–H groups in total. The average Bonchev–Trinajstić information content (AvgIpc) is 2.56. The Morgan fingerprint density at radius 1 is 1.04 bits per heavy atom. The van der Waals surface area contributed by atoms with Crippen LogP contribution in [0.25, 0.3) is 0 Å². The van der Waals surface area contributed by atoms with Crippen molar-refractivity contribution in [2.24, 2.45) is 0 Å². The minimum Gasteiger partial charge on any atom is -0.479 e. The van der Waals surface area contributed by atoms with Crippen LogP contribution in [0.5, 0.6) is 11.5 Å². The van der Waals surface area contributed by atoms with Crippen molar-refractivity contribution in [2.45, 2.75) is 20.0 Å². The third kappa shape index (κ3) is 4.85. The van der Waals surface area contributed by atoms with Crippen LogP contribution >= 0.6 is 0 Å². The van der Waals surface area contributed by atoms with Crippen molar-refractivity contribution in [3.05, 3.63) is 54.1 Å². The third-order valence-electron chi connectivity index (χ3n) is 3.02. The molecule has 0 unspecified atom stereocenters. The van der Waals surface area contributed by atoms with E-state index < -0.39 is 12.1 Å². The van der Waals surface area contributed by atoms with Gasteiger partial charge in [-0.2, -0.15) is 5.26 Å². The van der Waals surface area contributed by atoms with Crippen LogP contribution in [-0.4, -0.2) is 18.0 Å². The fourth-order valence-corrected chi connectivity index (χ4v) is 1.87. The first kappa shape index (κ1) is 17.0. The molecule has 2 rings (SSSR count). The molecule has 2 aromatic carbocycles. The maximum absolute atomic E-state index is 12.0. The molecule has 1 amide bonds. The number of ether oxygens (including phenoxy) is 2. The molecule has 24 heavy (non-hydrogen) atoms. The van der Waals surface area contributed by atoms with Gasteiger partial charge in [0, 0.05) is 12.6 Å². The largest absolute Gasteiger partial charge is 0.479 e. The van der Waals surface area contributed by atoms with E-state index in [-0.39, 0.29) is 5.91 Å². The molecule has 0 saturated heterocycles. The molecule has 6 nitrogen and oxygen atoms in total. The zero-order chi connectivity index (χ0) is 17.5. The van der Waals surface area contributed by atoms with Crippen LogP contribution < -0.4 is 14.8 Å². The van der Waals surface area contributed by atoms with Gasteiger partial charge in [0.15, 0.2) is 6.10 Å². The summed E-state index contributed by atoms with van der Waals surface area (Å²) >= 11 is 0. The minimum atomic E-state index is -0.812. The number of nitrogens with zero attached hydrogens (tertiary/aromatic N) is 1. The molecule has 1 atom stereocenters. The maximum Gasteiger partial charge on any atom is 0.352 e. The molecule has 122 valence electrons. The second-order valence-corrected chi connectivity index (χ2v) is 5.02. The summed E-state index contributed by atoms with van der Waals surface area (Å²) in [7, 11) is 0. The van der Waals surface area contributed by atoms with E-state index in [0.717, 1.165) is 0 Å². The molecule has 0 heterocycles. The van der Waals surface area contributed by atoms with Crippen molar-refractivity contribution >= 4 is 17.6 Å². The van der Waals surface area contributed by atoms with Gasteiger partial charge in [-0.25, -0.2) is 4.79 Å². The summed E-state index contributed by atoms with van der Waals surface area (Å²) in [6.45, 7) is 2.99. The molecule has 0 aliphatic heterocycles. The van der Waals surface area contributed by atoms with Crippen molar-refractivity contribution in [2.75, 3.05) is 5.32 Å². The quantitative estimate of drug-likeness (QED) is 0.675. The van der Waals surface area contributed by atoms with Gasteiger partial charge in [0.2, 0.25) is 5.91 Å². The average molecular weight is 324 g/mol. The molecule has 0 saturated carbocycles. The van der Waals surface area contributed by atoms with Crippen molar-refractivity contribution in [1.82, 2.24) is 0 Å². The first-order valence-corrected chi connectivity index (χ1v) is 7.24. The van der Waals surface area contributed by atoms with Crippen LogP contribution in [0.3, 0.4) is 0 Å². The summed E-state index contributed by atoms with van der Waals surface area (Å²) in [5.41, 5.74) is 1.13. The van der Waals surface area contributed by atoms with Crippen molar-refractivity contribution in [3.8, 4) is 17.6 Å². The first-order valence-electron chi connectivity index (χ1n) is 7.24. The van der Waals surface area contributed by atoms with Gasteiger partial charge in [0.25, 0.3) is 0 Å². The lowest BCUT2D eigenvalue weighted by Crippen LogP contribution is -2.28. The number of rotatable bonds is 5. The fourth-order valence-electron chi connectivity index (χ4n) is 1.87. The summed E-state index contributed by atoms with van der Waals surface area (Å²) in [5.74, 6) is 0.0969. The molecular formula is C18H16N2O4. The normalized spacial score (nSPS) is 11.0. The Bertz CT molecular complexity index is 761. The van der Waals surface area contributed by atoms with Crippen LogP contribution in [-0.2, 0) is 9.59 Å². The maximum atomic E-state index is 12.0. The minimum absolute atomic E-state index is 0.177. The molecule has 2 aromatic rings. The number of benzene rings is 2. The Morgan fingerprint density at radius 2 is 1.62 bits per heavy atom. The molecule has 0 aliphatic rings. The molecule has 0 bridgehead atoms. The molecule has 0 aliphatic carbocycles. The number of anilines is 1. The molecule has 0 radical (unpaired) electrons. The third-order valence-corrected chi connectivity index (χ3v) is 3.02. The number of carbonyl (C=O) groups excluding carboxylic acids is 2. The number of amides is 1. The Labute approximate surface area is 139 Å². The second kappa shape index (κ2) is 7.79. The summed E-state index contributed by atoms with van der Waals surface area (Å²) in [4.78, 5) is 23.0. The van der Waals surface area contributed by atoms with E-state index in [1.165, 1.54) is 6.92 Å². The van der Waals surface area contributed by atoms with E-state index in [1.54, 1.807) is 55.5 Å². The van der Waals surface area contributed by atoms with Crippen molar-refractivity contribution < 1.29 is 19.1 Å². The predicted octanol–water partition coefficient (Wildman–Crippen LogP) is 2.89. The molecular weight excluding hydrogens is 308 g/mol. The van der Waals surface area contributed by atoms with Gasteiger partial charge in [0.1, 0.15) is 11.5 Å². The zero-order valence-corrected chi connectivity index (χ0v) is 13.3. The summed E-state index contributed by atoms with van der Waals surface area (Å²) < 4.78 is 10.7. The standard InChI is InChI=1S/C18H16N2O4/c1-12(23-16-7-3-14(11-19)4-8-16)18(22)24-17-9-5-15(6-10-17)20-13(2)21/h3-10,12H,1-2H3,(H,20,21)/t12-/m1/s1. The van der Waals surface area contributed by atoms with E-state index in [1.807, 2.05) is 6.07 Å². The molecule has 0 fully saturated rings. The van der Waals surface area contributed by atoms with Gasteiger partial charge < -0.3 is 14.8 Å². The zero-order valence-electron chi connectivity index (χ0n) is 13.3. The smallest absolute Gasteiger partial charge is 0.352 e. The fraction of sp³-hybridized carbons (Fsp3) is 0.167. The van der Waals surface area contributed by atoms with Gasteiger partial charge in [0.05, 0.1) is 11.6 Å². The van der Waals surface area contributed by atoms with Crippen LogP contribution in [0, 0.1) is 11.3 Å². The lowest BCUT2D eigenvalue weighted by molar-refractivity contribution is -0.141. The Hall–Kier alpha value is -3.33. The second-order valence-electron chi connectivity index (χ2n) is 5.02. The van der Waals surface area contributed by atoms with E-state index >= 15 is 0 Å². The highest BCUT2D eigenvalue weighted by molar-refractivity contribution is 5.88. The SMILES string of the molecule is CC(=O)Nc1ccc(OC(=O)[C@@H](C)Oc2ccc(C#N)cc2)cc1. The Morgan fingerprint density at radius 3 is 2.17 bits per heavy atom. The summed E-state index contributed by atoms with van der Waals surface area (Å²) in [6, 6.07) is 14.9. The van der Waals surface area contributed by atoms with Gasteiger partial charge in [-0.05, 0) is 55.5 Å². The predicted molar refractivity (Wildman–Crippen MR) is 87.6 cm³/mol. The van der Waals surface area contributed by atoms with Crippen LogP contribution in [0.1, 0.15) is 19.4 Å². The summed E-state index contributed by atoms with van der Waals surface area (Å²) in [5, 5.41) is 11.4. The lowest BCUT2D eigenvalue weighted by Gasteiger charge is -2.14. The van der Waals surface area contributed by atoms with Gasteiger partial charge >= 0.3 is 5.97 Å². The van der Waals surface area contributed by atoms with Crippen LogP contribution in [0.15, 0.2) is 48.5 Å². The molecule has 6 heteroatoms. The van der Waals surface area contributed by atoms with Gasteiger partial charge in [-0.3, -0.25) is 4.79 Å². The Balaban J connectivity index is 1.93. The van der Waals surface area contributed by atoms with Gasteiger partial charge in [-0.1, -0.05) is 0 Å². The monoisotopic (exact) mass is 324 g/mol. The number of hydrogen-bond acceptors (Lipinski definition) is 5. The van der Waals surface area contributed by atoms with Crippen LogP contribution in [0.2, 0.25) is 0 Å². The van der Waals surface area contributed by atoms with E-state index in [4.69, 9.17) is 14.7 Å². The molecule has 0 spiro atoms. The van der Waals surface area contributed by atoms with Crippen molar-refractivity contribution in [1.29, 1.82) is 5.26 Å². The highest BCUT2D eigenvalue weighted by Crippen LogP contribution is 2.18. The topological polar surface area (TPSA) is 88.4 Å². The number of hydrogen-bond donors (Lipinski definition) is 1. The molecule has 0 aromatic heterocycles. The lowest BCUT2D eigenvalue weighted by atomic mass is 10.2. The summed E-state index contributed by atoms with van der Waals surface area (Å²) in [6.07, 6.45) is -0.812. The van der Waals surface area contributed by atoms with E-state index in [9.17, 15) is 9.59 Å².